The molecule has 1 aliphatic rings. The smallest absolute Gasteiger partial charge is 0.244 e. The molecule has 0 saturated carbocycles. The van der Waals surface area contributed by atoms with Gasteiger partial charge in [-0.3, -0.25) is 9.69 Å². The van der Waals surface area contributed by atoms with Gasteiger partial charge in [0, 0.05) is 26.2 Å². The van der Waals surface area contributed by atoms with Gasteiger partial charge in [-0.1, -0.05) is 12.1 Å². The van der Waals surface area contributed by atoms with Gasteiger partial charge in [0.1, 0.15) is 16.8 Å². The fraction of sp³-hybridized carbons (Fsp3) is 0.588. The molecule has 0 radical (unpaired) electrons. The number of halogens is 1. The number of nitrogens with zero attached hydrogens (tertiary/aromatic N) is 1. The van der Waals surface area contributed by atoms with E-state index < -0.39 is 32.7 Å². The third-order valence-electron chi connectivity index (χ3n) is 4.18. The van der Waals surface area contributed by atoms with Gasteiger partial charge in [0.05, 0.1) is 13.2 Å². The third kappa shape index (κ3) is 7.04. The minimum atomic E-state index is -4.13. The van der Waals surface area contributed by atoms with Crippen LogP contribution in [0.3, 0.4) is 0 Å². The van der Waals surface area contributed by atoms with Gasteiger partial charge in [0.15, 0.2) is 0 Å². The lowest BCUT2D eigenvalue weighted by molar-refractivity contribution is -0.122. The SMILES string of the molecule is CSCCC(NS(=O)(=O)c1ccccc1F)C(=O)NCCN1CCOCC1. The fourth-order valence-electron chi connectivity index (χ4n) is 2.68. The predicted molar refractivity (Wildman–Crippen MR) is 104 cm³/mol. The second-order valence-electron chi connectivity index (χ2n) is 6.13. The Hall–Kier alpha value is -1.20. The highest BCUT2D eigenvalue weighted by Crippen LogP contribution is 2.15. The van der Waals surface area contributed by atoms with Gasteiger partial charge in [0.25, 0.3) is 0 Å². The summed E-state index contributed by atoms with van der Waals surface area (Å²) in [6.07, 6.45) is 2.19. The number of carbonyl (C=O) groups excluding carboxylic acids is 1. The summed E-state index contributed by atoms with van der Waals surface area (Å²) in [6, 6.07) is 4.16. The zero-order valence-electron chi connectivity index (χ0n) is 15.3. The van der Waals surface area contributed by atoms with E-state index in [1.807, 2.05) is 6.26 Å². The normalized spacial score (nSPS) is 16.8. The van der Waals surface area contributed by atoms with Crippen LogP contribution in [-0.2, 0) is 19.6 Å². The van der Waals surface area contributed by atoms with E-state index in [0.29, 0.717) is 38.5 Å². The number of rotatable bonds is 10. The van der Waals surface area contributed by atoms with E-state index in [1.54, 1.807) is 0 Å². The van der Waals surface area contributed by atoms with Crippen molar-refractivity contribution >= 4 is 27.7 Å². The van der Waals surface area contributed by atoms with Crippen LogP contribution in [0.1, 0.15) is 6.42 Å². The molecule has 10 heteroatoms. The lowest BCUT2D eigenvalue weighted by atomic mass is 10.2. The van der Waals surface area contributed by atoms with Crippen molar-refractivity contribution < 1.29 is 22.3 Å². The van der Waals surface area contributed by atoms with Crippen molar-refractivity contribution in [2.75, 3.05) is 51.4 Å². The Balaban J connectivity index is 1.96. The van der Waals surface area contributed by atoms with Crippen LogP contribution in [0.15, 0.2) is 29.2 Å². The maximum atomic E-state index is 13.9. The van der Waals surface area contributed by atoms with E-state index in [4.69, 9.17) is 4.74 Å². The Morgan fingerprint density at radius 1 is 1.33 bits per heavy atom. The Kier molecular flexibility index (Phi) is 8.97. The summed E-state index contributed by atoms with van der Waals surface area (Å²) in [5.74, 6) is -0.653. The molecule has 0 aromatic heterocycles. The van der Waals surface area contributed by atoms with Crippen molar-refractivity contribution in [1.29, 1.82) is 0 Å². The van der Waals surface area contributed by atoms with Crippen LogP contribution in [0.4, 0.5) is 4.39 Å². The molecule has 1 fully saturated rings. The van der Waals surface area contributed by atoms with Gasteiger partial charge in [-0.2, -0.15) is 16.5 Å². The number of ether oxygens (including phenoxy) is 1. The van der Waals surface area contributed by atoms with E-state index in [2.05, 4.69) is 14.9 Å². The number of hydrogen-bond acceptors (Lipinski definition) is 6. The average molecular weight is 420 g/mol. The quantitative estimate of drug-likeness (QED) is 0.580. The van der Waals surface area contributed by atoms with Gasteiger partial charge >= 0.3 is 0 Å². The molecule has 2 rings (SSSR count). The van der Waals surface area contributed by atoms with Crippen LogP contribution in [-0.4, -0.2) is 76.7 Å². The minimum absolute atomic E-state index is 0.318. The molecule has 0 aliphatic carbocycles. The molecule has 2 N–H and O–H groups in total. The molecule has 1 unspecified atom stereocenters. The molecule has 152 valence electrons. The molecule has 1 aliphatic heterocycles. The second kappa shape index (κ2) is 11.0. The van der Waals surface area contributed by atoms with Crippen molar-refractivity contribution in [2.45, 2.75) is 17.4 Å². The Morgan fingerprint density at radius 3 is 2.70 bits per heavy atom. The van der Waals surface area contributed by atoms with E-state index in [-0.39, 0.29) is 0 Å². The van der Waals surface area contributed by atoms with E-state index in [0.717, 1.165) is 19.2 Å². The molecule has 27 heavy (non-hydrogen) atoms. The summed E-state index contributed by atoms with van der Waals surface area (Å²) in [7, 11) is -4.13. The molecule has 1 heterocycles. The molecule has 1 atom stereocenters. The molecule has 1 aromatic carbocycles. The van der Waals surface area contributed by atoms with Crippen LogP contribution in [0.25, 0.3) is 0 Å². The number of sulfonamides is 1. The Bertz CT molecular complexity index is 712. The molecule has 1 aromatic rings. The van der Waals surface area contributed by atoms with Gasteiger partial charge in [0.2, 0.25) is 15.9 Å². The van der Waals surface area contributed by atoms with Crippen molar-refractivity contribution in [3.8, 4) is 0 Å². The first-order chi connectivity index (χ1) is 12.9. The van der Waals surface area contributed by atoms with E-state index >= 15 is 0 Å². The van der Waals surface area contributed by atoms with Crippen molar-refractivity contribution in [1.82, 2.24) is 14.9 Å². The lowest BCUT2D eigenvalue weighted by Gasteiger charge is -2.27. The van der Waals surface area contributed by atoms with E-state index in [1.165, 1.54) is 30.0 Å². The second-order valence-corrected chi connectivity index (χ2v) is 8.80. The monoisotopic (exact) mass is 419 g/mol. The zero-order valence-corrected chi connectivity index (χ0v) is 17.0. The zero-order chi connectivity index (χ0) is 19.7. The lowest BCUT2D eigenvalue weighted by Crippen LogP contribution is -2.49. The fourth-order valence-corrected chi connectivity index (χ4v) is 4.46. The highest BCUT2D eigenvalue weighted by Gasteiger charge is 2.27. The molecule has 7 nitrogen and oxygen atoms in total. The summed E-state index contributed by atoms with van der Waals surface area (Å²) in [5.41, 5.74) is 0. The molecule has 1 amide bonds. The number of morpholine rings is 1. The van der Waals surface area contributed by atoms with Crippen LogP contribution in [0.5, 0.6) is 0 Å². The number of hydrogen-bond donors (Lipinski definition) is 2. The number of carbonyl (C=O) groups is 1. The average Bonchev–Trinajstić information content (AvgIpc) is 2.66. The van der Waals surface area contributed by atoms with Crippen molar-refractivity contribution in [2.24, 2.45) is 0 Å². The first-order valence-electron chi connectivity index (χ1n) is 8.77. The first-order valence-corrected chi connectivity index (χ1v) is 11.7. The molecular formula is C17H26FN3O4S2. The summed E-state index contributed by atoms with van der Waals surface area (Å²) >= 11 is 1.51. The Labute approximate surface area is 164 Å². The largest absolute Gasteiger partial charge is 0.379 e. The maximum absolute atomic E-state index is 13.9. The van der Waals surface area contributed by atoms with Gasteiger partial charge in [-0.05, 0) is 30.6 Å². The number of thioether (sulfide) groups is 1. The predicted octanol–water partition coefficient (Wildman–Crippen LogP) is 0.674. The van der Waals surface area contributed by atoms with Crippen LogP contribution >= 0.6 is 11.8 Å². The van der Waals surface area contributed by atoms with Crippen LogP contribution < -0.4 is 10.0 Å². The molecule has 0 spiro atoms. The molecule has 0 bridgehead atoms. The molecular weight excluding hydrogens is 393 g/mol. The Morgan fingerprint density at radius 2 is 2.04 bits per heavy atom. The number of nitrogens with one attached hydrogen (secondary N) is 2. The van der Waals surface area contributed by atoms with Crippen LogP contribution in [0.2, 0.25) is 0 Å². The summed E-state index contributed by atoms with van der Waals surface area (Å²) in [4.78, 5) is 14.2. The van der Waals surface area contributed by atoms with Crippen LogP contribution in [0, 0.1) is 5.82 Å². The van der Waals surface area contributed by atoms with Gasteiger partial charge in [-0.15, -0.1) is 0 Å². The molecule has 1 saturated heterocycles. The number of amides is 1. The van der Waals surface area contributed by atoms with Gasteiger partial charge < -0.3 is 10.1 Å². The summed E-state index contributed by atoms with van der Waals surface area (Å²) < 4.78 is 46.5. The van der Waals surface area contributed by atoms with Crippen molar-refractivity contribution in [3.63, 3.8) is 0 Å². The van der Waals surface area contributed by atoms with E-state index in [9.17, 15) is 17.6 Å². The topological polar surface area (TPSA) is 87.7 Å². The summed E-state index contributed by atoms with van der Waals surface area (Å²) in [6.45, 7) is 4.05. The minimum Gasteiger partial charge on any atom is -0.379 e. The standard InChI is InChI=1S/C17H26FN3O4S2/c1-26-13-6-15(17(22)19-7-8-21-9-11-25-12-10-21)20-27(23,24)16-5-3-2-4-14(16)18/h2-5,15,20H,6-13H2,1H3,(H,19,22). The van der Waals surface area contributed by atoms with Crippen molar-refractivity contribution in [3.05, 3.63) is 30.1 Å². The van der Waals surface area contributed by atoms with Gasteiger partial charge in [-0.25, -0.2) is 12.8 Å². The number of benzene rings is 1. The highest BCUT2D eigenvalue weighted by atomic mass is 32.2. The summed E-state index contributed by atoms with van der Waals surface area (Å²) in [5, 5.41) is 2.78. The first kappa shape index (κ1) is 22.1. The highest BCUT2D eigenvalue weighted by molar-refractivity contribution is 7.98. The maximum Gasteiger partial charge on any atom is 0.244 e. The third-order valence-corrected chi connectivity index (χ3v) is 6.33.